The Morgan fingerprint density at radius 1 is 0.826 bits per heavy atom. The van der Waals surface area contributed by atoms with E-state index < -0.39 is 0 Å². The van der Waals surface area contributed by atoms with Crippen molar-refractivity contribution in [1.29, 1.82) is 0 Å². The average molecular weight is 299 g/mol. The van der Waals surface area contributed by atoms with E-state index in [4.69, 9.17) is 0 Å². The number of benzene rings is 3. The number of rotatable bonds is 1. The minimum atomic E-state index is 1.18. The van der Waals surface area contributed by atoms with Crippen LogP contribution in [0.15, 0.2) is 60.8 Å². The maximum atomic E-state index is 4.58. The Morgan fingerprint density at radius 2 is 1.57 bits per heavy atom. The molecule has 0 aliphatic rings. The Morgan fingerprint density at radius 3 is 2.35 bits per heavy atom. The molecule has 0 aliphatic heterocycles. The van der Waals surface area contributed by atoms with Crippen molar-refractivity contribution < 1.29 is 4.68 Å². The molecule has 4 rings (SSSR count). The molecule has 0 aliphatic carbocycles. The van der Waals surface area contributed by atoms with Crippen molar-refractivity contribution in [2.75, 3.05) is 0 Å². The van der Waals surface area contributed by atoms with Crippen molar-refractivity contribution in [3.05, 3.63) is 71.9 Å². The largest absolute Gasteiger partial charge is 0.246 e. The lowest BCUT2D eigenvalue weighted by Crippen LogP contribution is -2.35. The number of hydrogen-bond acceptors (Lipinski definition) is 1. The van der Waals surface area contributed by atoms with Crippen LogP contribution in [-0.4, -0.2) is 5.10 Å². The summed E-state index contributed by atoms with van der Waals surface area (Å²) in [6.45, 7) is 4.34. The fourth-order valence-electron chi connectivity index (χ4n) is 3.28. The summed E-state index contributed by atoms with van der Waals surface area (Å²) < 4.78 is 1.98. The lowest BCUT2D eigenvalue weighted by molar-refractivity contribution is -0.719. The van der Waals surface area contributed by atoms with E-state index in [9.17, 15) is 0 Å². The van der Waals surface area contributed by atoms with Gasteiger partial charge in [0.2, 0.25) is 5.69 Å². The third kappa shape index (κ3) is 2.18. The lowest BCUT2D eigenvalue weighted by atomic mass is 9.96. The van der Waals surface area contributed by atoms with Crippen molar-refractivity contribution in [1.82, 2.24) is 5.10 Å². The number of hydrogen-bond donors (Lipinski definition) is 0. The zero-order valence-electron chi connectivity index (χ0n) is 13.7. The van der Waals surface area contributed by atoms with Gasteiger partial charge in [0.15, 0.2) is 7.05 Å². The predicted octanol–water partition coefficient (Wildman–Crippen LogP) is 4.50. The van der Waals surface area contributed by atoms with E-state index in [0.29, 0.717) is 0 Å². The van der Waals surface area contributed by atoms with E-state index in [2.05, 4.69) is 73.5 Å². The molecule has 23 heavy (non-hydrogen) atoms. The van der Waals surface area contributed by atoms with Crippen LogP contribution in [-0.2, 0) is 7.05 Å². The molecule has 1 heterocycles. The minimum absolute atomic E-state index is 1.18. The van der Waals surface area contributed by atoms with E-state index >= 15 is 0 Å². The van der Waals surface area contributed by atoms with E-state index in [1.165, 1.54) is 43.9 Å². The standard InChI is InChI=1S/C21H19N2/c1-14-7-6-10-19(15(14)2)21-20-12-17-9-5-4-8-16(17)11-18(20)13-22-23(21)3/h4-13H,1-3H3/q+1. The van der Waals surface area contributed by atoms with Crippen LogP contribution in [0.1, 0.15) is 11.1 Å². The summed E-state index contributed by atoms with van der Waals surface area (Å²) in [5, 5.41) is 9.52. The van der Waals surface area contributed by atoms with Crippen LogP contribution in [0, 0.1) is 13.8 Å². The van der Waals surface area contributed by atoms with Gasteiger partial charge in [-0.1, -0.05) is 41.1 Å². The van der Waals surface area contributed by atoms with Crippen molar-refractivity contribution in [2.45, 2.75) is 13.8 Å². The molecule has 0 radical (unpaired) electrons. The monoisotopic (exact) mass is 299 g/mol. The number of aromatic nitrogens is 2. The molecule has 0 saturated carbocycles. The van der Waals surface area contributed by atoms with Crippen molar-refractivity contribution in [2.24, 2.45) is 7.05 Å². The first-order valence-corrected chi connectivity index (χ1v) is 7.89. The maximum absolute atomic E-state index is 4.58. The first kappa shape index (κ1) is 13.9. The Kier molecular flexibility index (Phi) is 3.12. The molecular formula is C21H19N2+. The van der Waals surface area contributed by atoms with Gasteiger partial charge < -0.3 is 0 Å². The average Bonchev–Trinajstić information content (AvgIpc) is 2.56. The fourth-order valence-corrected chi connectivity index (χ4v) is 3.28. The molecule has 2 nitrogen and oxygen atoms in total. The van der Waals surface area contributed by atoms with Gasteiger partial charge in [-0.15, -0.1) is 0 Å². The molecule has 0 atom stereocenters. The maximum Gasteiger partial charge on any atom is 0.246 e. The molecule has 0 amide bonds. The summed E-state index contributed by atoms with van der Waals surface area (Å²) in [4.78, 5) is 0. The summed E-state index contributed by atoms with van der Waals surface area (Å²) in [5.41, 5.74) is 5.04. The Hall–Kier alpha value is -2.74. The molecule has 0 fully saturated rings. The third-order valence-corrected chi connectivity index (χ3v) is 4.73. The number of aryl methyl sites for hydroxylation is 2. The molecule has 112 valence electrons. The first-order chi connectivity index (χ1) is 11.1. The molecule has 0 bridgehead atoms. The van der Waals surface area contributed by atoms with Crippen LogP contribution in [0.5, 0.6) is 0 Å². The molecule has 4 aromatic rings. The predicted molar refractivity (Wildman–Crippen MR) is 95.3 cm³/mol. The van der Waals surface area contributed by atoms with Crippen LogP contribution in [0.25, 0.3) is 32.8 Å². The van der Waals surface area contributed by atoms with Crippen LogP contribution >= 0.6 is 0 Å². The highest BCUT2D eigenvalue weighted by molar-refractivity contribution is 6.02. The highest BCUT2D eigenvalue weighted by Gasteiger charge is 2.19. The SMILES string of the molecule is Cc1cccc(-c2c3cc4ccccc4cc3cn[n+]2C)c1C. The van der Waals surface area contributed by atoms with Crippen molar-refractivity contribution in [3.8, 4) is 11.3 Å². The zero-order valence-corrected chi connectivity index (χ0v) is 13.7. The van der Waals surface area contributed by atoms with Crippen molar-refractivity contribution >= 4 is 21.5 Å². The first-order valence-electron chi connectivity index (χ1n) is 7.89. The molecule has 0 unspecified atom stereocenters. The second kappa shape index (κ2) is 5.17. The van der Waals surface area contributed by atoms with Gasteiger partial charge in [-0.3, -0.25) is 0 Å². The van der Waals surface area contributed by atoms with Crippen molar-refractivity contribution in [3.63, 3.8) is 0 Å². The summed E-state index contributed by atoms with van der Waals surface area (Å²) in [6, 6.07) is 19.5. The van der Waals surface area contributed by atoms with Crippen LogP contribution in [0.2, 0.25) is 0 Å². The Labute approximate surface area is 136 Å². The van der Waals surface area contributed by atoms with Gasteiger partial charge in [0.25, 0.3) is 0 Å². The van der Waals surface area contributed by atoms with Gasteiger partial charge in [0.1, 0.15) is 6.20 Å². The second-order valence-corrected chi connectivity index (χ2v) is 6.15. The minimum Gasteiger partial charge on any atom is -0.0858 e. The molecule has 3 aromatic carbocycles. The van der Waals surface area contributed by atoms with E-state index in [1.807, 2.05) is 17.9 Å². The normalized spacial score (nSPS) is 11.3. The topological polar surface area (TPSA) is 16.8 Å². The summed E-state index contributed by atoms with van der Waals surface area (Å²) in [5.74, 6) is 0. The lowest BCUT2D eigenvalue weighted by Gasteiger charge is -2.09. The fraction of sp³-hybridized carbons (Fsp3) is 0.143. The summed E-state index contributed by atoms with van der Waals surface area (Å²) >= 11 is 0. The third-order valence-electron chi connectivity index (χ3n) is 4.73. The molecule has 1 aromatic heterocycles. The molecule has 0 N–H and O–H groups in total. The van der Waals surface area contributed by atoms with Gasteiger partial charge in [0, 0.05) is 5.39 Å². The van der Waals surface area contributed by atoms with E-state index in [-0.39, 0.29) is 0 Å². The molecule has 2 heteroatoms. The van der Waals surface area contributed by atoms with E-state index in [1.54, 1.807) is 0 Å². The van der Waals surface area contributed by atoms with Crippen LogP contribution in [0.3, 0.4) is 0 Å². The smallest absolute Gasteiger partial charge is 0.0858 e. The summed E-state index contributed by atoms with van der Waals surface area (Å²) in [7, 11) is 2.02. The number of fused-ring (bicyclic) bond motifs is 2. The highest BCUT2D eigenvalue weighted by Crippen LogP contribution is 2.31. The van der Waals surface area contributed by atoms with Gasteiger partial charge >= 0.3 is 0 Å². The van der Waals surface area contributed by atoms with Gasteiger partial charge in [0.05, 0.1) is 10.9 Å². The number of nitrogens with zero attached hydrogens (tertiary/aromatic N) is 2. The molecular weight excluding hydrogens is 280 g/mol. The summed E-state index contributed by atoms with van der Waals surface area (Å²) in [6.07, 6.45) is 1.95. The van der Waals surface area contributed by atoms with Gasteiger partial charge in [-0.2, -0.15) is 0 Å². The molecule has 0 saturated heterocycles. The highest BCUT2D eigenvalue weighted by atomic mass is 15.2. The Balaban J connectivity index is 2.14. The second-order valence-electron chi connectivity index (χ2n) is 6.15. The van der Waals surface area contributed by atoms with Gasteiger partial charge in [-0.25, -0.2) is 0 Å². The van der Waals surface area contributed by atoms with Gasteiger partial charge in [-0.05, 0) is 59.0 Å². The molecule has 0 spiro atoms. The van der Waals surface area contributed by atoms with Crippen LogP contribution in [0.4, 0.5) is 0 Å². The van der Waals surface area contributed by atoms with Crippen LogP contribution < -0.4 is 4.68 Å². The zero-order chi connectivity index (χ0) is 16.0. The quantitative estimate of drug-likeness (QED) is 0.373. The van der Waals surface area contributed by atoms with E-state index in [0.717, 1.165) is 0 Å². The Bertz CT molecular complexity index is 1050.